The first-order chi connectivity index (χ1) is 28.9. The summed E-state index contributed by atoms with van der Waals surface area (Å²) in [7, 11) is 0. The van der Waals surface area contributed by atoms with E-state index in [2.05, 4.69) is 207 Å². The van der Waals surface area contributed by atoms with Gasteiger partial charge in [0.2, 0.25) is 0 Å². The normalized spacial score (nSPS) is 13.5. The number of fused-ring (bicyclic) bond motifs is 12. The molecule has 0 saturated heterocycles. The van der Waals surface area contributed by atoms with Gasteiger partial charge in [-0.2, -0.15) is 0 Å². The summed E-state index contributed by atoms with van der Waals surface area (Å²) in [6, 6.07) is 57.9. The van der Waals surface area contributed by atoms with Crippen LogP contribution in [0.1, 0.15) is 43.0 Å². The number of para-hydroxylation sites is 3. The molecule has 8 aromatic carbocycles. The smallest absolute Gasteiger partial charge is 0.162 e. The lowest BCUT2D eigenvalue weighted by atomic mass is 9.82. The summed E-state index contributed by atoms with van der Waals surface area (Å²) in [6.45, 7) is 8.95. The van der Waals surface area contributed by atoms with E-state index in [1.54, 1.807) is 0 Å². The highest BCUT2D eigenvalue weighted by Crippen LogP contribution is 2.52. The molecule has 4 nitrogen and oxygen atoms in total. The molecule has 280 valence electrons. The van der Waals surface area contributed by atoms with Crippen molar-refractivity contribution in [1.82, 2.24) is 19.1 Å². The van der Waals surface area contributed by atoms with E-state index < -0.39 is 0 Å². The van der Waals surface area contributed by atoms with Crippen LogP contribution in [0.15, 0.2) is 164 Å². The summed E-state index contributed by atoms with van der Waals surface area (Å²) in [6.07, 6.45) is 4.25. The van der Waals surface area contributed by atoms with Crippen molar-refractivity contribution in [2.75, 3.05) is 0 Å². The molecule has 0 radical (unpaired) electrons. The largest absolute Gasteiger partial charge is 0.309 e. The van der Waals surface area contributed by atoms with Gasteiger partial charge in [0.25, 0.3) is 0 Å². The molecule has 0 fully saturated rings. The highest BCUT2D eigenvalue weighted by Gasteiger charge is 2.36. The third kappa shape index (κ3) is 4.71. The lowest BCUT2D eigenvalue weighted by Crippen LogP contribution is -2.15. The van der Waals surface area contributed by atoms with Gasteiger partial charge in [0.15, 0.2) is 5.82 Å². The van der Waals surface area contributed by atoms with Crippen molar-refractivity contribution in [3.05, 3.63) is 186 Å². The van der Waals surface area contributed by atoms with E-state index in [9.17, 15) is 0 Å². The van der Waals surface area contributed by atoms with Gasteiger partial charge in [0.05, 0.1) is 33.3 Å². The first-order valence-electron chi connectivity index (χ1n) is 20.5. The molecule has 0 spiro atoms. The molecule has 3 heterocycles. The average Bonchev–Trinajstić information content (AvgIpc) is 3.86. The highest BCUT2D eigenvalue weighted by atomic mass is 15.1. The van der Waals surface area contributed by atoms with Gasteiger partial charge >= 0.3 is 0 Å². The maximum absolute atomic E-state index is 5.61. The lowest BCUT2D eigenvalue weighted by molar-refractivity contribution is 0.661. The van der Waals surface area contributed by atoms with E-state index in [-0.39, 0.29) is 5.41 Å². The van der Waals surface area contributed by atoms with Gasteiger partial charge in [-0.05, 0) is 101 Å². The number of allylic oxidation sites excluding steroid dienone is 1. The molecular formula is C55H40N4. The minimum absolute atomic E-state index is 0.179. The second-order valence-electron chi connectivity index (χ2n) is 16.6. The number of hydrogen-bond acceptors (Lipinski definition) is 2. The molecule has 0 aliphatic heterocycles. The molecular weight excluding hydrogens is 717 g/mol. The zero-order valence-electron chi connectivity index (χ0n) is 33.5. The Bertz CT molecular complexity index is 3560. The molecule has 1 aliphatic rings. The van der Waals surface area contributed by atoms with E-state index >= 15 is 0 Å². The van der Waals surface area contributed by atoms with Crippen LogP contribution < -0.4 is 0 Å². The predicted molar refractivity (Wildman–Crippen MR) is 248 cm³/mol. The van der Waals surface area contributed by atoms with Crippen LogP contribution in [0.5, 0.6) is 0 Å². The standard InChI is InChI=1S/C55H40N4/c1-5-16-34-29-35(28-27-33(34)2)53-56-46-24-13-9-22-41(46)54(57-53)59-49-31-45-42(36-17-8-12-23-44(36)55(45,3)4)30-43(49)52-40-21-7-6-20-39(40)50(32-51(52)59)58-47-25-14-10-18-37(47)38-19-11-15-26-48(38)58/h5-32H,1-4H3/b16-5-. The first kappa shape index (κ1) is 33.8. The fraction of sp³-hybridized carbons (Fsp3) is 0.0909. The molecule has 12 rings (SSSR count). The third-order valence-electron chi connectivity index (χ3n) is 13.0. The van der Waals surface area contributed by atoms with Crippen LogP contribution in [-0.4, -0.2) is 19.1 Å². The van der Waals surface area contributed by atoms with Crippen molar-refractivity contribution in [3.8, 4) is 34.0 Å². The van der Waals surface area contributed by atoms with Crippen LogP contribution in [0.2, 0.25) is 0 Å². The molecule has 0 bridgehead atoms. The Kier molecular flexibility index (Phi) is 7.08. The van der Waals surface area contributed by atoms with Gasteiger partial charge in [0, 0.05) is 43.3 Å². The van der Waals surface area contributed by atoms with Gasteiger partial charge < -0.3 is 4.57 Å². The van der Waals surface area contributed by atoms with Crippen molar-refractivity contribution in [2.24, 2.45) is 0 Å². The average molecular weight is 757 g/mol. The van der Waals surface area contributed by atoms with Crippen LogP contribution in [0.25, 0.3) is 105 Å². The minimum atomic E-state index is -0.179. The van der Waals surface area contributed by atoms with Crippen LogP contribution in [-0.2, 0) is 5.41 Å². The molecule has 3 aromatic heterocycles. The zero-order valence-corrected chi connectivity index (χ0v) is 33.5. The Morgan fingerprint density at radius 1 is 0.508 bits per heavy atom. The molecule has 11 aromatic rings. The van der Waals surface area contributed by atoms with Gasteiger partial charge in [-0.3, -0.25) is 4.57 Å². The van der Waals surface area contributed by atoms with E-state index in [1.165, 1.54) is 76.7 Å². The Morgan fingerprint density at radius 3 is 1.93 bits per heavy atom. The van der Waals surface area contributed by atoms with Crippen molar-refractivity contribution in [3.63, 3.8) is 0 Å². The first-order valence-corrected chi connectivity index (χ1v) is 20.5. The summed E-state index contributed by atoms with van der Waals surface area (Å²) < 4.78 is 4.91. The molecule has 59 heavy (non-hydrogen) atoms. The van der Waals surface area contributed by atoms with Crippen LogP contribution in [0.4, 0.5) is 0 Å². The molecule has 0 atom stereocenters. The zero-order chi connectivity index (χ0) is 39.6. The fourth-order valence-corrected chi connectivity index (χ4v) is 10.1. The minimum Gasteiger partial charge on any atom is -0.309 e. The molecule has 0 N–H and O–H groups in total. The summed E-state index contributed by atoms with van der Waals surface area (Å²) >= 11 is 0. The Morgan fingerprint density at radius 2 is 1.17 bits per heavy atom. The third-order valence-corrected chi connectivity index (χ3v) is 13.0. The summed E-state index contributed by atoms with van der Waals surface area (Å²) in [5, 5.41) is 8.34. The Labute approximate surface area is 342 Å². The van der Waals surface area contributed by atoms with E-state index in [0.717, 1.165) is 39.0 Å². The monoisotopic (exact) mass is 756 g/mol. The summed E-state index contributed by atoms with van der Waals surface area (Å²) in [5.74, 6) is 1.58. The van der Waals surface area contributed by atoms with Gasteiger partial charge in [-0.15, -0.1) is 0 Å². The van der Waals surface area contributed by atoms with Crippen molar-refractivity contribution in [2.45, 2.75) is 33.1 Å². The number of aromatic nitrogens is 4. The van der Waals surface area contributed by atoms with Crippen molar-refractivity contribution >= 4 is 71.4 Å². The molecule has 0 unspecified atom stereocenters. The molecule has 1 aliphatic carbocycles. The maximum Gasteiger partial charge on any atom is 0.162 e. The van der Waals surface area contributed by atoms with Gasteiger partial charge in [-0.25, -0.2) is 9.97 Å². The highest BCUT2D eigenvalue weighted by molar-refractivity contribution is 6.25. The summed E-state index contributed by atoms with van der Waals surface area (Å²) in [5.41, 5.74) is 15.2. The Balaban J connectivity index is 1.28. The van der Waals surface area contributed by atoms with Crippen LogP contribution in [0, 0.1) is 6.92 Å². The van der Waals surface area contributed by atoms with Crippen LogP contribution in [0.3, 0.4) is 0 Å². The second-order valence-corrected chi connectivity index (χ2v) is 16.6. The SMILES string of the molecule is C/C=C\c1cc(-c2nc(-n3c4cc5c(cc4c4c6ccccc6c(-n6c7ccccc7c7ccccc76)cc43)-c3ccccc3C5(C)C)c3ccccc3n2)ccc1C. The van der Waals surface area contributed by atoms with E-state index in [1.807, 2.05) is 0 Å². The number of rotatable bonds is 4. The van der Waals surface area contributed by atoms with Gasteiger partial charge in [-0.1, -0.05) is 135 Å². The molecule has 0 saturated carbocycles. The molecule has 4 heteroatoms. The number of nitrogens with zero attached hydrogens (tertiary/aromatic N) is 4. The number of benzene rings is 8. The maximum atomic E-state index is 5.61. The van der Waals surface area contributed by atoms with E-state index in [0.29, 0.717) is 5.82 Å². The van der Waals surface area contributed by atoms with Crippen molar-refractivity contribution < 1.29 is 0 Å². The Hall–Kier alpha value is -7.30. The molecule has 0 amide bonds. The van der Waals surface area contributed by atoms with Gasteiger partial charge in [0.1, 0.15) is 5.82 Å². The lowest BCUT2D eigenvalue weighted by Gasteiger charge is -2.21. The summed E-state index contributed by atoms with van der Waals surface area (Å²) in [4.78, 5) is 10.8. The second kappa shape index (κ2) is 12.3. The quantitative estimate of drug-likeness (QED) is 0.179. The topological polar surface area (TPSA) is 35.6 Å². The number of hydrogen-bond donors (Lipinski definition) is 0. The van der Waals surface area contributed by atoms with Crippen LogP contribution >= 0.6 is 0 Å². The van der Waals surface area contributed by atoms with Crippen molar-refractivity contribution in [1.29, 1.82) is 0 Å². The predicted octanol–water partition coefficient (Wildman–Crippen LogP) is 14.3. The number of aryl methyl sites for hydroxylation is 1. The fourth-order valence-electron chi connectivity index (χ4n) is 10.1. The van der Waals surface area contributed by atoms with E-state index in [4.69, 9.17) is 9.97 Å².